The summed E-state index contributed by atoms with van der Waals surface area (Å²) < 4.78 is 0. The predicted molar refractivity (Wildman–Crippen MR) is 87.2 cm³/mol. The fourth-order valence-corrected chi connectivity index (χ4v) is 3.25. The summed E-state index contributed by atoms with van der Waals surface area (Å²) in [5.41, 5.74) is 1.32. The molecule has 0 bridgehead atoms. The Hall–Kier alpha value is -1.35. The van der Waals surface area contributed by atoms with Gasteiger partial charge in [0.05, 0.1) is 5.92 Å². The minimum Gasteiger partial charge on any atom is -0.339 e. The van der Waals surface area contributed by atoms with E-state index in [1.165, 1.54) is 5.56 Å². The van der Waals surface area contributed by atoms with Gasteiger partial charge in [-0.3, -0.25) is 4.79 Å². The number of nitrogens with one attached hydrogen (secondary N) is 1. The van der Waals surface area contributed by atoms with Gasteiger partial charge in [0.1, 0.15) is 0 Å². The van der Waals surface area contributed by atoms with Crippen LogP contribution in [0.15, 0.2) is 30.3 Å². The number of piperidine rings is 1. The third-order valence-electron chi connectivity index (χ3n) is 4.50. The smallest absolute Gasteiger partial charge is 0.227 e. The van der Waals surface area contributed by atoms with Crippen molar-refractivity contribution in [1.82, 2.24) is 10.2 Å². The molecule has 1 amide bonds. The second kappa shape index (κ2) is 8.18. The van der Waals surface area contributed by atoms with Gasteiger partial charge in [-0.15, -0.1) is 0 Å². The zero-order chi connectivity index (χ0) is 15.1. The highest BCUT2D eigenvalue weighted by atomic mass is 16.2. The van der Waals surface area contributed by atoms with E-state index in [-0.39, 0.29) is 5.92 Å². The van der Waals surface area contributed by atoms with Crippen molar-refractivity contribution in [2.75, 3.05) is 19.6 Å². The molecule has 3 heteroatoms. The molecule has 0 aliphatic carbocycles. The number of likely N-dealkylation sites (N-methyl/N-ethyl adjacent to an activating group) is 1. The number of hydrogen-bond donors (Lipinski definition) is 1. The molecule has 2 atom stereocenters. The lowest BCUT2D eigenvalue weighted by molar-refractivity contribution is -0.138. The molecule has 1 N–H and O–H groups in total. The van der Waals surface area contributed by atoms with Crippen molar-refractivity contribution in [1.29, 1.82) is 0 Å². The monoisotopic (exact) mass is 288 g/mol. The van der Waals surface area contributed by atoms with Crippen LogP contribution in [-0.4, -0.2) is 36.5 Å². The van der Waals surface area contributed by atoms with E-state index in [4.69, 9.17) is 0 Å². The first kappa shape index (κ1) is 16.0. The van der Waals surface area contributed by atoms with E-state index in [9.17, 15) is 4.79 Å². The number of rotatable bonds is 6. The standard InChI is InChI=1S/C18H28N2O/c1-3-17(13-15-9-6-5-7-10-15)20(4-2)18(21)16-11-8-12-19-14-16/h5-7,9-10,16-17,19H,3-4,8,11-14H2,1-2H3. The Bertz CT molecular complexity index is 426. The lowest BCUT2D eigenvalue weighted by atomic mass is 9.95. The molecule has 1 saturated heterocycles. The number of carbonyl (C=O) groups is 1. The van der Waals surface area contributed by atoms with Crippen LogP contribution in [0.4, 0.5) is 0 Å². The molecule has 3 nitrogen and oxygen atoms in total. The molecule has 21 heavy (non-hydrogen) atoms. The lowest BCUT2D eigenvalue weighted by Crippen LogP contribution is -2.48. The van der Waals surface area contributed by atoms with Crippen LogP contribution in [0.1, 0.15) is 38.7 Å². The Balaban J connectivity index is 2.04. The molecule has 1 fully saturated rings. The predicted octanol–water partition coefficient (Wildman–Crippen LogP) is 2.86. The van der Waals surface area contributed by atoms with Gasteiger partial charge in [-0.1, -0.05) is 37.3 Å². The average Bonchev–Trinajstić information content (AvgIpc) is 2.56. The van der Waals surface area contributed by atoms with E-state index in [1.807, 2.05) is 6.07 Å². The molecular weight excluding hydrogens is 260 g/mol. The largest absolute Gasteiger partial charge is 0.339 e. The maximum Gasteiger partial charge on any atom is 0.227 e. The third kappa shape index (κ3) is 4.31. The van der Waals surface area contributed by atoms with Crippen molar-refractivity contribution >= 4 is 5.91 Å². The van der Waals surface area contributed by atoms with Gasteiger partial charge in [0.2, 0.25) is 5.91 Å². The molecule has 1 aromatic rings. The number of nitrogens with zero attached hydrogens (tertiary/aromatic N) is 1. The van der Waals surface area contributed by atoms with Crippen LogP contribution in [0.5, 0.6) is 0 Å². The van der Waals surface area contributed by atoms with E-state index in [2.05, 4.69) is 48.3 Å². The highest BCUT2D eigenvalue weighted by Crippen LogP contribution is 2.19. The van der Waals surface area contributed by atoms with E-state index in [0.717, 1.165) is 45.3 Å². The van der Waals surface area contributed by atoms with Crippen molar-refractivity contribution in [2.45, 2.75) is 45.6 Å². The Labute approximate surface area is 128 Å². The van der Waals surface area contributed by atoms with Crippen LogP contribution in [0.2, 0.25) is 0 Å². The summed E-state index contributed by atoms with van der Waals surface area (Å²) >= 11 is 0. The van der Waals surface area contributed by atoms with Gasteiger partial charge in [-0.25, -0.2) is 0 Å². The average molecular weight is 288 g/mol. The molecule has 116 valence electrons. The molecule has 0 spiro atoms. The normalized spacial score (nSPS) is 20.0. The summed E-state index contributed by atoms with van der Waals surface area (Å²) in [5.74, 6) is 0.510. The maximum absolute atomic E-state index is 12.8. The van der Waals surface area contributed by atoms with Crippen molar-refractivity contribution < 1.29 is 4.79 Å². The number of benzene rings is 1. The Morgan fingerprint density at radius 3 is 2.67 bits per heavy atom. The minimum absolute atomic E-state index is 0.170. The number of hydrogen-bond acceptors (Lipinski definition) is 2. The Morgan fingerprint density at radius 2 is 2.10 bits per heavy atom. The summed E-state index contributed by atoms with van der Waals surface area (Å²) in [5, 5.41) is 3.35. The van der Waals surface area contributed by atoms with Gasteiger partial charge in [-0.2, -0.15) is 0 Å². The van der Waals surface area contributed by atoms with Crippen LogP contribution in [0.25, 0.3) is 0 Å². The van der Waals surface area contributed by atoms with Crippen LogP contribution >= 0.6 is 0 Å². The topological polar surface area (TPSA) is 32.3 Å². The second-order valence-corrected chi connectivity index (χ2v) is 5.92. The van der Waals surface area contributed by atoms with Crippen molar-refractivity contribution in [3.05, 3.63) is 35.9 Å². The minimum atomic E-state index is 0.170. The number of carbonyl (C=O) groups excluding carboxylic acids is 1. The first-order chi connectivity index (χ1) is 10.3. The fraction of sp³-hybridized carbons (Fsp3) is 0.611. The van der Waals surface area contributed by atoms with Crippen molar-refractivity contribution in [2.24, 2.45) is 5.92 Å². The van der Waals surface area contributed by atoms with Crippen LogP contribution in [0.3, 0.4) is 0 Å². The summed E-state index contributed by atoms with van der Waals surface area (Å²) in [7, 11) is 0. The van der Waals surface area contributed by atoms with E-state index in [1.54, 1.807) is 0 Å². The van der Waals surface area contributed by atoms with E-state index in [0.29, 0.717) is 11.9 Å². The van der Waals surface area contributed by atoms with Gasteiger partial charge in [0, 0.05) is 19.1 Å². The highest BCUT2D eigenvalue weighted by molar-refractivity contribution is 5.79. The first-order valence-electron chi connectivity index (χ1n) is 8.31. The van der Waals surface area contributed by atoms with Crippen molar-refractivity contribution in [3.8, 4) is 0 Å². The Kier molecular flexibility index (Phi) is 6.24. The highest BCUT2D eigenvalue weighted by Gasteiger charge is 2.28. The van der Waals surface area contributed by atoms with Gasteiger partial charge in [0.15, 0.2) is 0 Å². The van der Waals surface area contributed by atoms with Gasteiger partial charge < -0.3 is 10.2 Å². The molecule has 2 unspecified atom stereocenters. The molecule has 0 saturated carbocycles. The summed E-state index contributed by atoms with van der Waals surface area (Å²) in [6.45, 7) is 6.99. The molecule has 2 rings (SSSR count). The lowest BCUT2D eigenvalue weighted by Gasteiger charge is -2.34. The molecule has 1 aliphatic rings. The molecular formula is C18H28N2O. The fourth-order valence-electron chi connectivity index (χ4n) is 3.25. The second-order valence-electron chi connectivity index (χ2n) is 5.92. The molecule has 1 heterocycles. The quantitative estimate of drug-likeness (QED) is 0.873. The maximum atomic E-state index is 12.8. The van der Waals surface area contributed by atoms with Gasteiger partial charge >= 0.3 is 0 Å². The van der Waals surface area contributed by atoms with Gasteiger partial charge in [-0.05, 0) is 44.7 Å². The number of amides is 1. The zero-order valence-electron chi connectivity index (χ0n) is 13.3. The zero-order valence-corrected chi connectivity index (χ0v) is 13.3. The van der Waals surface area contributed by atoms with Crippen LogP contribution < -0.4 is 5.32 Å². The summed E-state index contributed by atoms with van der Waals surface area (Å²) in [4.78, 5) is 14.9. The Morgan fingerprint density at radius 1 is 1.33 bits per heavy atom. The summed E-state index contributed by atoms with van der Waals surface area (Å²) in [6.07, 6.45) is 4.11. The van der Waals surface area contributed by atoms with Crippen molar-refractivity contribution in [3.63, 3.8) is 0 Å². The molecule has 1 aromatic carbocycles. The van der Waals surface area contributed by atoms with Gasteiger partial charge in [0.25, 0.3) is 0 Å². The third-order valence-corrected chi connectivity index (χ3v) is 4.50. The van der Waals surface area contributed by atoms with Crippen LogP contribution in [-0.2, 0) is 11.2 Å². The van der Waals surface area contributed by atoms with E-state index < -0.39 is 0 Å². The van der Waals surface area contributed by atoms with E-state index >= 15 is 0 Å². The summed E-state index contributed by atoms with van der Waals surface area (Å²) in [6, 6.07) is 10.8. The molecule has 0 aromatic heterocycles. The first-order valence-corrected chi connectivity index (χ1v) is 8.31. The molecule has 1 aliphatic heterocycles. The van der Waals surface area contributed by atoms with Crippen LogP contribution in [0, 0.1) is 5.92 Å². The molecule has 0 radical (unpaired) electrons. The SMILES string of the molecule is CCC(Cc1ccccc1)N(CC)C(=O)C1CCCNC1.